The maximum Gasteiger partial charge on any atom is 0.319 e. The van der Waals surface area contributed by atoms with Crippen molar-refractivity contribution in [3.63, 3.8) is 0 Å². The third-order valence-electron chi connectivity index (χ3n) is 2.80. The van der Waals surface area contributed by atoms with Gasteiger partial charge in [-0.1, -0.05) is 13.3 Å². The van der Waals surface area contributed by atoms with Crippen LogP contribution in [0.15, 0.2) is 18.2 Å². The number of methoxy groups -OCH3 is 1. The number of anilines is 1. The van der Waals surface area contributed by atoms with E-state index in [-0.39, 0.29) is 12.6 Å². The predicted molar refractivity (Wildman–Crippen MR) is 75.7 cm³/mol. The number of hydrogen-bond donors (Lipinski definition) is 3. The molecule has 1 rings (SSSR count). The van der Waals surface area contributed by atoms with Gasteiger partial charge in [-0.3, -0.25) is 0 Å². The molecule has 5 heteroatoms. The second kappa shape index (κ2) is 7.63. The molecule has 0 aromatic heterocycles. The highest BCUT2D eigenvalue weighted by Gasteiger charge is 2.07. The van der Waals surface area contributed by atoms with Crippen LogP contribution in [0.4, 0.5) is 10.5 Å². The molecule has 1 aromatic rings. The molecule has 0 bridgehead atoms. The third kappa shape index (κ3) is 5.18. The number of nitrogens with one attached hydrogen (secondary N) is 2. The van der Waals surface area contributed by atoms with Crippen LogP contribution < -0.4 is 15.4 Å². The standard InChI is InChI=1S/C14H22N2O3/c1-4-5-11(17)9-15-14(18)16-13-7-6-12(19-3)8-10(13)2/h6-8,11,17H,4-5,9H2,1-3H3,(H2,15,16,18). The van der Waals surface area contributed by atoms with Crippen molar-refractivity contribution in [2.45, 2.75) is 32.8 Å². The van der Waals surface area contributed by atoms with Crippen molar-refractivity contribution < 1.29 is 14.6 Å². The Morgan fingerprint density at radius 2 is 2.21 bits per heavy atom. The lowest BCUT2D eigenvalue weighted by atomic mass is 10.2. The predicted octanol–water partition coefficient (Wildman–Crippen LogP) is 2.29. The second-order valence-corrected chi connectivity index (χ2v) is 4.46. The van der Waals surface area contributed by atoms with E-state index in [9.17, 15) is 9.90 Å². The van der Waals surface area contributed by atoms with Crippen LogP contribution >= 0.6 is 0 Å². The summed E-state index contributed by atoms with van der Waals surface area (Å²) in [6.45, 7) is 4.14. The van der Waals surface area contributed by atoms with E-state index in [2.05, 4.69) is 10.6 Å². The molecule has 106 valence electrons. The molecule has 2 amide bonds. The lowest BCUT2D eigenvalue weighted by molar-refractivity contribution is 0.162. The number of hydrogen-bond acceptors (Lipinski definition) is 3. The largest absolute Gasteiger partial charge is 0.497 e. The zero-order chi connectivity index (χ0) is 14.3. The first-order valence-corrected chi connectivity index (χ1v) is 6.44. The third-order valence-corrected chi connectivity index (χ3v) is 2.80. The molecular weight excluding hydrogens is 244 g/mol. The lowest BCUT2D eigenvalue weighted by Gasteiger charge is -2.13. The summed E-state index contributed by atoms with van der Waals surface area (Å²) < 4.78 is 5.10. The minimum Gasteiger partial charge on any atom is -0.497 e. The fraction of sp³-hybridized carbons (Fsp3) is 0.500. The Morgan fingerprint density at radius 3 is 2.79 bits per heavy atom. The van der Waals surface area contributed by atoms with Gasteiger partial charge in [-0.05, 0) is 37.1 Å². The highest BCUT2D eigenvalue weighted by Crippen LogP contribution is 2.20. The fourth-order valence-corrected chi connectivity index (χ4v) is 1.72. The van der Waals surface area contributed by atoms with E-state index in [1.807, 2.05) is 19.9 Å². The Balaban J connectivity index is 2.48. The van der Waals surface area contributed by atoms with Gasteiger partial charge in [0.15, 0.2) is 0 Å². The van der Waals surface area contributed by atoms with Crippen LogP contribution in [0.25, 0.3) is 0 Å². The van der Waals surface area contributed by atoms with E-state index in [1.165, 1.54) is 0 Å². The monoisotopic (exact) mass is 266 g/mol. The summed E-state index contributed by atoms with van der Waals surface area (Å²) in [5, 5.41) is 14.9. The molecule has 0 fully saturated rings. The zero-order valence-corrected chi connectivity index (χ0v) is 11.7. The van der Waals surface area contributed by atoms with Crippen molar-refractivity contribution >= 4 is 11.7 Å². The van der Waals surface area contributed by atoms with Crippen molar-refractivity contribution in [3.05, 3.63) is 23.8 Å². The minimum atomic E-state index is -0.493. The van der Waals surface area contributed by atoms with Gasteiger partial charge in [0.2, 0.25) is 0 Å². The van der Waals surface area contributed by atoms with E-state index in [4.69, 9.17) is 4.74 Å². The highest BCUT2D eigenvalue weighted by molar-refractivity contribution is 5.90. The van der Waals surface area contributed by atoms with E-state index in [1.54, 1.807) is 19.2 Å². The minimum absolute atomic E-state index is 0.259. The molecule has 0 saturated carbocycles. The number of rotatable bonds is 6. The number of aryl methyl sites for hydroxylation is 1. The molecule has 0 aliphatic heterocycles. The van der Waals surface area contributed by atoms with Gasteiger partial charge in [0, 0.05) is 12.2 Å². The second-order valence-electron chi connectivity index (χ2n) is 4.46. The van der Waals surface area contributed by atoms with Gasteiger partial charge >= 0.3 is 6.03 Å². The topological polar surface area (TPSA) is 70.6 Å². The number of amides is 2. The van der Waals surface area contributed by atoms with Gasteiger partial charge in [0.05, 0.1) is 13.2 Å². The van der Waals surface area contributed by atoms with Crippen LogP contribution in [0.1, 0.15) is 25.3 Å². The van der Waals surface area contributed by atoms with Crippen LogP contribution in [-0.2, 0) is 0 Å². The van der Waals surface area contributed by atoms with Crippen molar-refractivity contribution in [1.29, 1.82) is 0 Å². The van der Waals surface area contributed by atoms with Gasteiger partial charge in [-0.15, -0.1) is 0 Å². The molecule has 0 spiro atoms. The zero-order valence-electron chi connectivity index (χ0n) is 11.7. The molecule has 0 heterocycles. The van der Waals surface area contributed by atoms with Gasteiger partial charge in [0.25, 0.3) is 0 Å². The molecular formula is C14H22N2O3. The molecule has 0 aliphatic carbocycles. The maximum absolute atomic E-state index is 11.7. The molecule has 3 N–H and O–H groups in total. The number of benzene rings is 1. The van der Waals surface area contributed by atoms with Crippen LogP contribution in [-0.4, -0.2) is 30.9 Å². The average molecular weight is 266 g/mol. The van der Waals surface area contributed by atoms with E-state index >= 15 is 0 Å². The first kappa shape index (κ1) is 15.3. The molecule has 19 heavy (non-hydrogen) atoms. The number of aliphatic hydroxyl groups excluding tert-OH is 1. The molecule has 0 aliphatic rings. The van der Waals surface area contributed by atoms with Crippen LogP contribution in [0.5, 0.6) is 5.75 Å². The van der Waals surface area contributed by atoms with Crippen LogP contribution in [0, 0.1) is 6.92 Å². The van der Waals surface area contributed by atoms with Crippen molar-refractivity contribution in [2.75, 3.05) is 19.0 Å². The van der Waals surface area contributed by atoms with Gasteiger partial charge in [-0.25, -0.2) is 4.79 Å². The summed E-state index contributed by atoms with van der Waals surface area (Å²) in [6.07, 6.45) is 1.08. The normalized spacial score (nSPS) is 11.8. The van der Waals surface area contributed by atoms with E-state index in [0.29, 0.717) is 6.42 Å². The molecule has 0 radical (unpaired) electrons. The first-order chi connectivity index (χ1) is 9.06. The van der Waals surface area contributed by atoms with Crippen LogP contribution in [0.3, 0.4) is 0 Å². The van der Waals surface area contributed by atoms with E-state index < -0.39 is 6.10 Å². The Labute approximate surface area is 114 Å². The Morgan fingerprint density at radius 1 is 1.47 bits per heavy atom. The maximum atomic E-state index is 11.7. The lowest BCUT2D eigenvalue weighted by Crippen LogP contribution is -2.35. The number of carbonyl (C=O) groups excluding carboxylic acids is 1. The van der Waals surface area contributed by atoms with E-state index in [0.717, 1.165) is 23.4 Å². The highest BCUT2D eigenvalue weighted by atomic mass is 16.5. The van der Waals surface area contributed by atoms with Gasteiger partial charge in [-0.2, -0.15) is 0 Å². The number of carbonyl (C=O) groups is 1. The van der Waals surface area contributed by atoms with Gasteiger partial charge < -0.3 is 20.5 Å². The summed E-state index contributed by atoms with van der Waals surface area (Å²) in [7, 11) is 1.60. The summed E-state index contributed by atoms with van der Waals surface area (Å²) in [5.41, 5.74) is 1.65. The molecule has 1 atom stereocenters. The van der Waals surface area contributed by atoms with Crippen LogP contribution in [0.2, 0.25) is 0 Å². The number of ether oxygens (including phenoxy) is 1. The Bertz CT molecular complexity index is 421. The molecule has 0 saturated heterocycles. The SMILES string of the molecule is CCCC(O)CNC(=O)Nc1ccc(OC)cc1C. The Hall–Kier alpha value is -1.75. The van der Waals surface area contributed by atoms with Gasteiger partial charge in [0.1, 0.15) is 5.75 Å². The van der Waals surface area contributed by atoms with Crippen molar-refractivity contribution in [3.8, 4) is 5.75 Å². The molecule has 1 unspecified atom stereocenters. The summed E-state index contributed by atoms with van der Waals surface area (Å²) in [5.74, 6) is 0.752. The molecule has 5 nitrogen and oxygen atoms in total. The fourth-order valence-electron chi connectivity index (χ4n) is 1.72. The van der Waals surface area contributed by atoms with Crippen molar-refractivity contribution in [1.82, 2.24) is 5.32 Å². The number of aliphatic hydroxyl groups is 1. The van der Waals surface area contributed by atoms with Crippen molar-refractivity contribution in [2.24, 2.45) is 0 Å². The summed E-state index contributed by atoms with van der Waals surface area (Å²) >= 11 is 0. The number of urea groups is 1. The Kier molecular flexibility index (Phi) is 6.15. The average Bonchev–Trinajstić information content (AvgIpc) is 2.39. The quantitative estimate of drug-likeness (QED) is 0.740. The molecule has 1 aromatic carbocycles. The smallest absolute Gasteiger partial charge is 0.319 e. The summed E-state index contributed by atoms with van der Waals surface area (Å²) in [6, 6.07) is 5.11. The first-order valence-electron chi connectivity index (χ1n) is 6.44. The summed E-state index contributed by atoms with van der Waals surface area (Å²) in [4.78, 5) is 11.7.